The van der Waals surface area contributed by atoms with Crippen molar-refractivity contribution in [3.63, 3.8) is 0 Å². The molecule has 0 saturated heterocycles. The Morgan fingerprint density at radius 2 is 1.66 bits per heavy atom. The molecule has 2 aromatic carbocycles. The van der Waals surface area contributed by atoms with Crippen LogP contribution in [0.15, 0.2) is 71.5 Å². The molecule has 3 aromatic rings. The molecule has 0 spiro atoms. The molecule has 29 heavy (non-hydrogen) atoms. The van der Waals surface area contributed by atoms with Crippen LogP contribution >= 0.6 is 0 Å². The average molecular weight is 391 g/mol. The summed E-state index contributed by atoms with van der Waals surface area (Å²) in [6.07, 6.45) is 0.769. The second-order valence-corrected chi connectivity index (χ2v) is 6.68. The van der Waals surface area contributed by atoms with Crippen LogP contribution < -0.4 is 10.2 Å². The van der Waals surface area contributed by atoms with Crippen molar-refractivity contribution in [3.8, 4) is 5.75 Å². The predicted molar refractivity (Wildman–Crippen MR) is 112 cm³/mol. The molecule has 1 heterocycles. The Morgan fingerprint density at radius 1 is 1.00 bits per heavy atom. The van der Waals surface area contributed by atoms with Gasteiger partial charge in [0, 0.05) is 18.3 Å². The fourth-order valence-corrected chi connectivity index (χ4v) is 3.27. The van der Waals surface area contributed by atoms with E-state index in [9.17, 15) is 9.59 Å². The van der Waals surface area contributed by atoms with Crippen LogP contribution in [0.3, 0.4) is 0 Å². The number of benzene rings is 2. The third-order valence-corrected chi connectivity index (χ3v) is 4.69. The summed E-state index contributed by atoms with van der Waals surface area (Å²) in [5, 5.41) is 0. The second-order valence-electron chi connectivity index (χ2n) is 6.68. The van der Waals surface area contributed by atoms with E-state index in [-0.39, 0.29) is 24.2 Å². The summed E-state index contributed by atoms with van der Waals surface area (Å²) >= 11 is 0. The lowest BCUT2D eigenvalue weighted by atomic mass is 10.1. The molecule has 0 N–H and O–H groups in total. The van der Waals surface area contributed by atoms with Gasteiger partial charge in [-0.2, -0.15) is 0 Å². The number of esters is 1. The topological polar surface area (TPSA) is 57.5 Å². The Balaban J connectivity index is 1.98. The lowest BCUT2D eigenvalue weighted by molar-refractivity contribution is 0.0520. The number of hydrogen-bond acceptors (Lipinski definition) is 4. The smallest absolute Gasteiger partial charge is 0.344 e. The number of pyridine rings is 1. The normalized spacial score (nSPS) is 10.6. The highest BCUT2D eigenvalue weighted by atomic mass is 16.5. The van der Waals surface area contributed by atoms with Crippen molar-refractivity contribution >= 4 is 5.97 Å². The monoisotopic (exact) mass is 391 g/mol. The molecule has 0 aliphatic rings. The SMILES string of the molecule is CCOC(=O)c1c(COc2ccccc2)n(CCc2ccccc2)c(C)cc1=O. The zero-order valence-corrected chi connectivity index (χ0v) is 16.8. The van der Waals surface area contributed by atoms with Gasteiger partial charge >= 0.3 is 5.97 Å². The maximum absolute atomic E-state index is 12.6. The lowest BCUT2D eigenvalue weighted by Crippen LogP contribution is -2.27. The molecule has 0 aliphatic heterocycles. The standard InChI is InChI=1S/C24H25NO4/c1-3-28-24(27)23-21(17-29-20-12-8-5-9-13-20)25(18(2)16-22(23)26)15-14-19-10-6-4-7-11-19/h4-13,16H,3,14-15,17H2,1-2H3. The minimum absolute atomic E-state index is 0.0430. The van der Waals surface area contributed by atoms with Crippen LogP contribution in [0, 0.1) is 6.92 Å². The van der Waals surface area contributed by atoms with Crippen molar-refractivity contribution in [1.29, 1.82) is 0 Å². The molecule has 150 valence electrons. The number of carbonyl (C=O) groups excluding carboxylic acids is 1. The molecule has 0 bridgehead atoms. The number of rotatable bonds is 8. The molecule has 0 saturated carbocycles. The molecule has 0 fully saturated rings. The predicted octanol–water partition coefficient (Wildman–Crippen LogP) is 4.16. The number of para-hydroxylation sites is 1. The van der Waals surface area contributed by atoms with E-state index in [2.05, 4.69) is 12.1 Å². The van der Waals surface area contributed by atoms with Gasteiger partial charge in [-0.05, 0) is 38.0 Å². The largest absolute Gasteiger partial charge is 0.487 e. The second kappa shape index (κ2) is 9.73. The Labute approximate surface area is 170 Å². The van der Waals surface area contributed by atoms with Crippen LogP contribution in [0.25, 0.3) is 0 Å². The van der Waals surface area contributed by atoms with Crippen molar-refractivity contribution in [3.05, 3.63) is 99.5 Å². The number of hydrogen-bond donors (Lipinski definition) is 0. The van der Waals surface area contributed by atoms with Crippen LogP contribution in [0.5, 0.6) is 5.75 Å². The first-order chi connectivity index (χ1) is 14.1. The van der Waals surface area contributed by atoms with Crippen LogP contribution in [0.2, 0.25) is 0 Å². The summed E-state index contributed by atoms with van der Waals surface area (Å²) in [6.45, 7) is 4.52. The molecular formula is C24H25NO4. The third-order valence-electron chi connectivity index (χ3n) is 4.69. The molecule has 0 aliphatic carbocycles. The number of aromatic nitrogens is 1. The molecule has 5 heteroatoms. The highest BCUT2D eigenvalue weighted by Gasteiger charge is 2.22. The first-order valence-corrected chi connectivity index (χ1v) is 9.72. The molecule has 0 atom stereocenters. The van der Waals surface area contributed by atoms with Gasteiger partial charge in [0.1, 0.15) is 17.9 Å². The molecule has 3 rings (SSSR count). The fourth-order valence-electron chi connectivity index (χ4n) is 3.27. The first-order valence-electron chi connectivity index (χ1n) is 9.72. The minimum Gasteiger partial charge on any atom is -0.487 e. The summed E-state index contributed by atoms with van der Waals surface area (Å²) in [5.74, 6) is 0.0588. The van der Waals surface area contributed by atoms with Crippen LogP contribution in [-0.4, -0.2) is 17.1 Å². The van der Waals surface area contributed by atoms with Crippen molar-refractivity contribution in [1.82, 2.24) is 4.57 Å². The molecule has 1 aromatic heterocycles. The zero-order chi connectivity index (χ0) is 20.6. The van der Waals surface area contributed by atoms with E-state index >= 15 is 0 Å². The molecular weight excluding hydrogens is 366 g/mol. The van der Waals surface area contributed by atoms with Crippen LogP contribution in [-0.2, 0) is 24.3 Å². The van der Waals surface area contributed by atoms with Gasteiger partial charge in [-0.15, -0.1) is 0 Å². The van der Waals surface area contributed by atoms with Gasteiger partial charge in [0.05, 0.1) is 12.3 Å². The van der Waals surface area contributed by atoms with Crippen molar-refractivity contribution in [2.45, 2.75) is 33.4 Å². The quantitative estimate of drug-likeness (QED) is 0.541. The number of carbonyl (C=O) groups is 1. The van der Waals surface area contributed by atoms with E-state index in [0.29, 0.717) is 18.0 Å². The van der Waals surface area contributed by atoms with Crippen LogP contribution in [0.4, 0.5) is 0 Å². The highest BCUT2D eigenvalue weighted by molar-refractivity contribution is 5.90. The maximum Gasteiger partial charge on any atom is 0.344 e. The Hall–Kier alpha value is -3.34. The van der Waals surface area contributed by atoms with Gasteiger partial charge in [-0.25, -0.2) is 4.79 Å². The molecule has 5 nitrogen and oxygen atoms in total. The Bertz CT molecular complexity index is 1010. The van der Waals surface area contributed by atoms with E-state index in [0.717, 1.165) is 12.1 Å². The van der Waals surface area contributed by atoms with Crippen molar-refractivity contribution < 1.29 is 14.3 Å². The van der Waals surface area contributed by atoms with Gasteiger partial charge < -0.3 is 14.0 Å². The summed E-state index contributed by atoms with van der Waals surface area (Å²) in [4.78, 5) is 25.2. The van der Waals surface area contributed by atoms with Gasteiger partial charge in [-0.1, -0.05) is 48.5 Å². The molecule has 0 unspecified atom stereocenters. The molecule has 0 amide bonds. The number of aryl methyl sites for hydroxylation is 2. The van der Waals surface area contributed by atoms with Gasteiger partial charge in [0.15, 0.2) is 5.43 Å². The van der Waals surface area contributed by atoms with Crippen LogP contribution in [0.1, 0.15) is 34.2 Å². The number of nitrogens with zero attached hydrogens (tertiary/aromatic N) is 1. The summed E-state index contributed by atoms with van der Waals surface area (Å²) in [6, 6.07) is 20.9. The van der Waals surface area contributed by atoms with E-state index < -0.39 is 5.97 Å². The molecule has 0 radical (unpaired) electrons. The summed E-state index contributed by atoms with van der Waals surface area (Å²) in [5.41, 5.74) is 2.20. The Kier molecular flexibility index (Phi) is 6.85. The van der Waals surface area contributed by atoms with Crippen molar-refractivity contribution in [2.75, 3.05) is 6.61 Å². The van der Waals surface area contributed by atoms with E-state index in [1.165, 1.54) is 11.6 Å². The summed E-state index contributed by atoms with van der Waals surface area (Å²) < 4.78 is 13.0. The zero-order valence-electron chi connectivity index (χ0n) is 16.8. The minimum atomic E-state index is -0.613. The number of ether oxygens (including phenoxy) is 2. The van der Waals surface area contributed by atoms with E-state index in [1.54, 1.807) is 6.92 Å². The maximum atomic E-state index is 12.6. The van der Waals surface area contributed by atoms with Gasteiger partial charge in [0.2, 0.25) is 0 Å². The van der Waals surface area contributed by atoms with E-state index in [1.807, 2.05) is 60.0 Å². The highest BCUT2D eigenvalue weighted by Crippen LogP contribution is 2.17. The van der Waals surface area contributed by atoms with Crippen molar-refractivity contribution in [2.24, 2.45) is 0 Å². The first kappa shape index (κ1) is 20.4. The summed E-state index contributed by atoms with van der Waals surface area (Å²) in [7, 11) is 0. The fraction of sp³-hybridized carbons (Fsp3) is 0.250. The average Bonchev–Trinajstić information content (AvgIpc) is 2.73. The Morgan fingerprint density at radius 3 is 2.31 bits per heavy atom. The van der Waals surface area contributed by atoms with E-state index in [4.69, 9.17) is 9.47 Å². The third kappa shape index (κ3) is 5.13. The van der Waals surface area contributed by atoms with Gasteiger partial charge in [-0.3, -0.25) is 4.79 Å². The lowest BCUT2D eigenvalue weighted by Gasteiger charge is -2.20. The van der Waals surface area contributed by atoms with Gasteiger partial charge in [0.25, 0.3) is 0 Å².